The van der Waals surface area contributed by atoms with E-state index in [1.807, 2.05) is 10.5 Å². The molecule has 1 aromatic carbocycles. The molecule has 0 radical (unpaired) electrons. The number of hydrogen-bond acceptors (Lipinski definition) is 5. The molecule has 0 spiro atoms. The van der Waals surface area contributed by atoms with Gasteiger partial charge in [-0.25, -0.2) is 4.98 Å². The third-order valence-corrected chi connectivity index (χ3v) is 5.43. The van der Waals surface area contributed by atoms with Crippen molar-refractivity contribution in [3.05, 3.63) is 46.3 Å². The van der Waals surface area contributed by atoms with E-state index in [1.54, 1.807) is 25.4 Å². The normalized spacial score (nSPS) is 15.5. The van der Waals surface area contributed by atoms with Crippen LogP contribution < -0.4 is 4.73 Å². The van der Waals surface area contributed by atoms with Crippen molar-refractivity contribution in [3.63, 3.8) is 0 Å². The van der Waals surface area contributed by atoms with Crippen molar-refractivity contribution >= 4 is 28.2 Å². The Morgan fingerprint density at radius 1 is 1.31 bits per heavy atom. The number of aromatic nitrogens is 5. The van der Waals surface area contributed by atoms with Crippen LogP contribution in [0, 0.1) is 12.1 Å². The maximum atomic E-state index is 12.7. The van der Waals surface area contributed by atoms with E-state index < -0.39 is 0 Å². The molecule has 5 rings (SSSR count). The molecule has 3 heterocycles. The van der Waals surface area contributed by atoms with Gasteiger partial charge in [-0.15, -0.1) is 0 Å². The van der Waals surface area contributed by atoms with Crippen molar-refractivity contribution < 1.29 is 9.25 Å². The average Bonchev–Trinajstić information content (AvgIpc) is 3.38. The van der Waals surface area contributed by atoms with Crippen LogP contribution in [0.3, 0.4) is 0 Å². The highest BCUT2D eigenvalue weighted by Crippen LogP contribution is 2.34. The summed E-state index contributed by atoms with van der Waals surface area (Å²) < 4.78 is 8.22. The van der Waals surface area contributed by atoms with E-state index in [2.05, 4.69) is 15.1 Å². The number of benzene rings is 1. The first-order valence-corrected chi connectivity index (χ1v) is 9.03. The van der Waals surface area contributed by atoms with Gasteiger partial charge in [0.05, 0.1) is 0 Å². The van der Waals surface area contributed by atoms with Gasteiger partial charge in [0.15, 0.2) is 11.5 Å². The summed E-state index contributed by atoms with van der Waals surface area (Å²) in [5.74, 6) is 1.44. The first-order valence-electron chi connectivity index (χ1n) is 8.66. The molecule has 0 amide bonds. The Bertz CT molecular complexity index is 1140. The van der Waals surface area contributed by atoms with Gasteiger partial charge in [-0.3, -0.25) is 4.40 Å². The van der Waals surface area contributed by atoms with Crippen LogP contribution in [0.1, 0.15) is 43.1 Å². The molecule has 0 N–H and O–H groups in total. The first kappa shape index (κ1) is 15.6. The molecule has 0 atom stereocenters. The molecular formula is C18H16ClN5O2. The van der Waals surface area contributed by atoms with E-state index >= 15 is 0 Å². The fraction of sp³-hybridized carbons (Fsp3) is 0.333. The molecular weight excluding hydrogens is 354 g/mol. The third-order valence-electron chi connectivity index (χ3n) is 5.20. The van der Waals surface area contributed by atoms with Gasteiger partial charge >= 0.3 is 0 Å². The lowest BCUT2D eigenvalue weighted by Gasteiger charge is -2.08. The highest BCUT2D eigenvalue weighted by molar-refractivity contribution is 6.31. The maximum Gasteiger partial charge on any atom is 0.279 e. The summed E-state index contributed by atoms with van der Waals surface area (Å²) in [6, 6.07) is 5.21. The molecule has 1 aliphatic rings. The molecule has 132 valence electrons. The molecule has 26 heavy (non-hydrogen) atoms. The smallest absolute Gasteiger partial charge is 0.279 e. The maximum absolute atomic E-state index is 12.7. The molecule has 8 heteroatoms. The summed E-state index contributed by atoms with van der Waals surface area (Å²) in [6.07, 6.45) is 6.26. The second-order valence-corrected chi connectivity index (χ2v) is 7.20. The molecule has 0 saturated heterocycles. The highest BCUT2D eigenvalue weighted by atomic mass is 35.5. The van der Waals surface area contributed by atoms with Crippen molar-refractivity contribution in [2.45, 2.75) is 38.5 Å². The number of aryl methyl sites for hydroxylation is 1. The molecule has 1 fully saturated rings. The summed E-state index contributed by atoms with van der Waals surface area (Å²) in [5, 5.41) is 17.4. The second-order valence-electron chi connectivity index (χ2n) is 6.76. The molecule has 3 aromatic heterocycles. The van der Waals surface area contributed by atoms with E-state index in [1.165, 1.54) is 12.8 Å². The van der Waals surface area contributed by atoms with Crippen LogP contribution in [-0.4, -0.2) is 19.5 Å². The lowest BCUT2D eigenvalue weighted by molar-refractivity contribution is -0.583. The number of rotatable bonds is 2. The minimum absolute atomic E-state index is 0.353. The first-order chi connectivity index (χ1) is 12.6. The summed E-state index contributed by atoms with van der Waals surface area (Å²) in [7, 11) is 0. The molecule has 0 bridgehead atoms. The Morgan fingerprint density at radius 3 is 2.92 bits per heavy atom. The molecule has 4 aromatic rings. The van der Waals surface area contributed by atoms with E-state index in [4.69, 9.17) is 16.1 Å². The van der Waals surface area contributed by atoms with Crippen molar-refractivity contribution in [1.29, 1.82) is 0 Å². The van der Waals surface area contributed by atoms with Crippen LogP contribution in [0.5, 0.6) is 0 Å². The number of imidazole rings is 1. The highest BCUT2D eigenvalue weighted by Gasteiger charge is 2.26. The lowest BCUT2D eigenvalue weighted by Crippen LogP contribution is -2.32. The lowest BCUT2D eigenvalue weighted by atomic mass is 10.1. The SMILES string of the molecule is Cc1c2c(-c3nc(C4CCCC4)no3)ncn2c2ccc(Cl)cc2[n+]1[O-]. The van der Waals surface area contributed by atoms with Crippen molar-refractivity contribution in [2.24, 2.45) is 0 Å². The summed E-state index contributed by atoms with van der Waals surface area (Å²) in [4.78, 5) is 9.03. The fourth-order valence-electron chi connectivity index (χ4n) is 3.85. The summed E-state index contributed by atoms with van der Waals surface area (Å²) >= 11 is 6.05. The number of nitrogens with zero attached hydrogens (tertiary/aromatic N) is 5. The van der Waals surface area contributed by atoms with Crippen LogP contribution in [0.2, 0.25) is 5.02 Å². The van der Waals surface area contributed by atoms with Gasteiger partial charge in [-0.1, -0.05) is 29.6 Å². The number of hydrogen-bond donors (Lipinski definition) is 0. The van der Waals surface area contributed by atoms with Gasteiger partial charge in [0.25, 0.3) is 5.89 Å². The van der Waals surface area contributed by atoms with E-state index in [9.17, 15) is 5.21 Å². The van der Waals surface area contributed by atoms with Crippen LogP contribution in [0.4, 0.5) is 0 Å². The zero-order valence-electron chi connectivity index (χ0n) is 14.1. The van der Waals surface area contributed by atoms with E-state index in [0.29, 0.717) is 39.3 Å². The average molecular weight is 370 g/mol. The largest absolute Gasteiger partial charge is 0.618 e. The van der Waals surface area contributed by atoms with E-state index in [-0.39, 0.29) is 0 Å². The van der Waals surface area contributed by atoms with Crippen LogP contribution >= 0.6 is 11.6 Å². The van der Waals surface area contributed by atoms with Crippen molar-refractivity contribution in [2.75, 3.05) is 0 Å². The number of halogens is 1. The predicted octanol–water partition coefficient (Wildman–Crippen LogP) is 3.79. The second kappa shape index (κ2) is 5.67. The standard InChI is InChI=1S/C18H16ClN5O2/c1-10-16-15(18-21-17(22-26-18)11-4-2-3-5-11)20-9-23(16)13-7-6-12(19)8-14(13)24(10)25/h6-9,11H,2-5H2,1H3. The van der Waals surface area contributed by atoms with Crippen LogP contribution in [-0.2, 0) is 0 Å². The zero-order chi connectivity index (χ0) is 17.8. The molecule has 0 aliphatic heterocycles. The van der Waals surface area contributed by atoms with Gasteiger partial charge in [-0.2, -0.15) is 9.71 Å². The van der Waals surface area contributed by atoms with Gasteiger partial charge in [-0.05, 0) is 25.0 Å². The minimum atomic E-state index is 0.353. The van der Waals surface area contributed by atoms with E-state index in [0.717, 1.165) is 28.9 Å². The molecule has 0 unspecified atom stereocenters. The van der Waals surface area contributed by atoms with Crippen molar-refractivity contribution in [1.82, 2.24) is 19.5 Å². The fourth-order valence-corrected chi connectivity index (χ4v) is 4.02. The third kappa shape index (κ3) is 2.20. The predicted molar refractivity (Wildman–Crippen MR) is 95.9 cm³/mol. The van der Waals surface area contributed by atoms with Gasteiger partial charge in [0.1, 0.15) is 17.4 Å². The Hall–Kier alpha value is -2.67. The van der Waals surface area contributed by atoms with Gasteiger partial charge in [0.2, 0.25) is 11.2 Å². The molecule has 7 nitrogen and oxygen atoms in total. The van der Waals surface area contributed by atoms with Crippen LogP contribution in [0.25, 0.3) is 28.1 Å². The van der Waals surface area contributed by atoms with Gasteiger partial charge < -0.3 is 9.73 Å². The topological polar surface area (TPSA) is 83.2 Å². The molecule has 1 aliphatic carbocycles. The Balaban J connectivity index is 1.72. The number of fused-ring (bicyclic) bond motifs is 3. The van der Waals surface area contributed by atoms with Crippen molar-refractivity contribution in [3.8, 4) is 11.6 Å². The zero-order valence-corrected chi connectivity index (χ0v) is 14.9. The Labute approximate surface area is 153 Å². The summed E-state index contributed by atoms with van der Waals surface area (Å²) in [5.41, 5.74) is 2.91. The monoisotopic (exact) mass is 369 g/mol. The minimum Gasteiger partial charge on any atom is -0.618 e. The molecule has 1 saturated carbocycles. The Morgan fingerprint density at radius 2 is 2.12 bits per heavy atom. The quantitative estimate of drug-likeness (QED) is 0.396. The van der Waals surface area contributed by atoms with Gasteiger partial charge in [0, 0.05) is 23.9 Å². The van der Waals surface area contributed by atoms with Crippen LogP contribution in [0.15, 0.2) is 29.0 Å². The Kier molecular flexibility index (Phi) is 3.40. The summed E-state index contributed by atoms with van der Waals surface area (Å²) in [6.45, 7) is 1.75.